The van der Waals surface area contributed by atoms with Gasteiger partial charge in [0.15, 0.2) is 5.82 Å². The third-order valence-electron chi connectivity index (χ3n) is 14.7. The van der Waals surface area contributed by atoms with Gasteiger partial charge in [0, 0.05) is 47.6 Å². The van der Waals surface area contributed by atoms with E-state index in [-0.39, 0.29) is 0 Å². The summed E-state index contributed by atoms with van der Waals surface area (Å²) in [5.41, 5.74) is 21.1. The van der Waals surface area contributed by atoms with Crippen molar-refractivity contribution in [3.63, 3.8) is 0 Å². The van der Waals surface area contributed by atoms with Crippen LogP contribution < -0.4 is 0 Å². The standard InChI is InChI=1S/C65H38N2OS/c1-2-16-39(17-3-1)40-18-12-19-42(36-40)64-66-56(38-57(67-64)50-27-13-25-47-46-22-7-11-33-60(46)69-63(47)50)49-26-15-32-59-62(49)51-37-41(34-35-58(51)68-59)43-24-14-31-55-61(43)48-23-6-10-30-54(48)65(55)52-28-8-4-20-44(52)45-21-5-9-29-53(45)65/h1-38H. The van der Waals surface area contributed by atoms with Gasteiger partial charge in [0.25, 0.3) is 0 Å². The van der Waals surface area contributed by atoms with Crippen LogP contribution >= 0.6 is 11.3 Å². The predicted octanol–water partition coefficient (Wildman–Crippen LogP) is 17.4. The molecule has 2 aliphatic rings. The van der Waals surface area contributed by atoms with E-state index in [0.29, 0.717) is 5.82 Å². The highest BCUT2D eigenvalue weighted by atomic mass is 32.1. The Morgan fingerprint density at radius 3 is 1.75 bits per heavy atom. The van der Waals surface area contributed by atoms with Crippen LogP contribution in [0.1, 0.15) is 22.3 Å². The zero-order chi connectivity index (χ0) is 45.2. The number of nitrogens with zero attached hydrogens (tertiary/aromatic N) is 2. The van der Waals surface area contributed by atoms with E-state index < -0.39 is 5.41 Å². The molecule has 3 nitrogen and oxygen atoms in total. The van der Waals surface area contributed by atoms with Gasteiger partial charge in [0.1, 0.15) is 11.2 Å². The molecule has 320 valence electrons. The van der Waals surface area contributed by atoms with E-state index in [4.69, 9.17) is 14.4 Å². The Morgan fingerprint density at radius 1 is 0.348 bits per heavy atom. The normalized spacial score (nSPS) is 13.0. The van der Waals surface area contributed by atoms with Crippen LogP contribution in [-0.4, -0.2) is 9.97 Å². The molecule has 1 spiro atoms. The molecule has 0 aliphatic heterocycles. The molecule has 0 amide bonds. The summed E-state index contributed by atoms with van der Waals surface area (Å²) in [6, 6.07) is 83.6. The van der Waals surface area contributed by atoms with Gasteiger partial charge in [-0.1, -0.05) is 194 Å². The average Bonchev–Trinajstić information content (AvgIpc) is 4.16. The van der Waals surface area contributed by atoms with E-state index in [1.807, 2.05) is 11.3 Å². The van der Waals surface area contributed by atoms with Crippen molar-refractivity contribution < 1.29 is 4.42 Å². The number of thiophene rings is 1. The fraction of sp³-hybridized carbons (Fsp3) is 0.0154. The van der Waals surface area contributed by atoms with Gasteiger partial charge in [-0.15, -0.1) is 11.3 Å². The molecule has 0 saturated carbocycles. The van der Waals surface area contributed by atoms with Gasteiger partial charge in [-0.05, 0) is 103 Å². The number of aromatic nitrogens is 2. The molecular formula is C65H38N2OS. The fourth-order valence-electron chi connectivity index (χ4n) is 11.9. The quantitative estimate of drug-likeness (QED) is 0.173. The lowest BCUT2D eigenvalue weighted by molar-refractivity contribution is 0.669. The van der Waals surface area contributed by atoms with Crippen LogP contribution in [0, 0.1) is 0 Å². The highest BCUT2D eigenvalue weighted by Crippen LogP contribution is 2.64. The van der Waals surface area contributed by atoms with E-state index >= 15 is 0 Å². The van der Waals surface area contributed by atoms with Crippen LogP contribution in [-0.2, 0) is 5.41 Å². The number of hydrogen-bond donors (Lipinski definition) is 0. The maximum Gasteiger partial charge on any atom is 0.160 e. The van der Waals surface area contributed by atoms with Crippen molar-refractivity contribution >= 4 is 53.4 Å². The smallest absolute Gasteiger partial charge is 0.160 e. The lowest BCUT2D eigenvalue weighted by Gasteiger charge is -2.30. The minimum absolute atomic E-state index is 0.419. The molecule has 69 heavy (non-hydrogen) atoms. The highest BCUT2D eigenvalue weighted by molar-refractivity contribution is 7.26. The zero-order valence-corrected chi connectivity index (χ0v) is 38.0. The molecule has 15 rings (SSSR count). The first-order chi connectivity index (χ1) is 34.2. The van der Waals surface area contributed by atoms with Crippen molar-refractivity contribution in [2.45, 2.75) is 5.41 Å². The topological polar surface area (TPSA) is 38.9 Å². The Kier molecular flexibility index (Phi) is 8.15. The molecule has 10 aromatic carbocycles. The SMILES string of the molecule is c1ccc(-c2cccc(-c3nc(-c4cccc5c4sc4ccccc45)cc(-c4cccc5oc6ccc(-c7cccc8c7-c7ccccc7C87c8ccccc8-c8ccccc87)cc6c45)n3)c2)cc1. The minimum atomic E-state index is -0.419. The molecule has 3 aromatic heterocycles. The zero-order valence-electron chi connectivity index (χ0n) is 37.2. The summed E-state index contributed by atoms with van der Waals surface area (Å²) in [6.45, 7) is 0. The molecule has 13 aromatic rings. The third-order valence-corrected chi connectivity index (χ3v) is 16.0. The van der Waals surface area contributed by atoms with E-state index in [1.54, 1.807) is 0 Å². The Balaban J connectivity index is 0.949. The first-order valence-corrected chi connectivity index (χ1v) is 24.4. The second kappa shape index (κ2) is 14.6. The molecule has 0 atom stereocenters. The van der Waals surface area contributed by atoms with Crippen molar-refractivity contribution in [2.75, 3.05) is 0 Å². The van der Waals surface area contributed by atoms with E-state index in [0.717, 1.165) is 66.7 Å². The summed E-state index contributed by atoms with van der Waals surface area (Å²) in [5, 5.41) is 4.58. The first kappa shape index (κ1) is 38.4. The maximum absolute atomic E-state index is 6.75. The second-order valence-electron chi connectivity index (χ2n) is 18.3. The number of fused-ring (bicyclic) bond motifs is 16. The van der Waals surface area contributed by atoms with Crippen molar-refractivity contribution in [1.82, 2.24) is 9.97 Å². The highest BCUT2D eigenvalue weighted by Gasteiger charge is 2.52. The number of rotatable bonds is 5. The number of furan rings is 1. The molecule has 4 heteroatoms. The largest absolute Gasteiger partial charge is 0.456 e. The van der Waals surface area contributed by atoms with Gasteiger partial charge in [-0.3, -0.25) is 0 Å². The van der Waals surface area contributed by atoms with Gasteiger partial charge in [-0.25, -0.2) is 9.97 Å². The Hall–Kier alpha value is -8.70. The Morgan fingerprint density at radius 2 is 0.928 bits per heavy atom. The first-order valence-electron chi connectivity index (χ1n) is 23.5. The molecule has 0 radical (unpaired) electrons. The van der Waals surface area contributed by atoms with Gasteiger partial charge in [0.2, 0.25) is 0 Å². The summed E-state index contributed by atoms with van der Waals surface area (Å²) in [5.74, 6) is 0.673. The Labute approximate surface area is 402 Å². The van der Waals surface area contributed by atoms with Crippen molar-refractivity contribution in [3.8, 4) is 78.4 Å². The molecular weight excluding hydrogens is 857 g/mol. The third kappa shape index (κ3) is 5.49. The fourth-order valence-corrected chi connectivity index (χ4v) is 13.1. The van der Waals surface area contributed by atoms with Crippen LogP contribution in [0.4, 0.5) is 0 Å². The molecule has 0 N–H and O–H groups in total. The summed E-state index contributed by atoms with van der Waals surface area (Å²) in [6.07, 6.45) is 0. The van der Waals surface area contributed by atoms with Crippen molar-refractivity contribution in [2.24, 2.45) is 0 Å². The lowest BCUT2D eigenvalue weighted by atomic mass is 9.70. The number of hydrogen-bond acceptors (Lipinski definition) is 4. The maximum atomic E-state index is 6.75. The number of benzene rings is 10. The monoisotopic (exact) mass is 894 g/mol. The van der Waals surface area contributed by atoms with Gasteiger partial charge >= 0.3 is 0 Å². The van der Waals surface area contributed by atoms with Gasteiger partial charge in [-0.2, -0.15) is 0 Å². The molecule has 0 fully saturated rings. The minimum Gasteiger partial charge on any atom is -0.456 e. The summed E-state index contributed by atoms with van der Waals surface area (Å²) >= 11 is 1.82. The van der Waals surface area contributed by atoms with E-state index in [2.05, 4.69) is 231 Å². The summed E-state index contributed by atoms with van der Waals surface area (Å²) < 4.78 is 9.23. The van der Waals surface area contributed by atoms with Gasteiger partial charge in [0.05, 0.1) is 16.8 Å². The van der Waals surface area contributed by atoms with Crippen LogP contribution in [0.2, 0.25) is 0 Å². The molecule has 0 bridgehead atoms. The van der Waals surface area contributed by atoms with Crippen molar-refractivity contribution in [1.29, 1.82) is 0 Å². The summed E-state index contributed by atoms with van der Waals surface area (Å²) in [7, 11) is 0. The molecule has 0 saturated heterocycles. The van der Waals surface area contributed by atoms with E-state index in [1.165, 1.54) is 70.2 Å². The second-order valence-corrected chi connectivity index (χ2v) is 19.3. The summed E-state index contributed by atoms with van der Waals surface area (Å²) in [4.78, 5) is 10.9. The van der Waals surface area contributed by atoms with Crippen LogP contribution in [0.25, 0.3) is 121 Å². The molecule has 3 heterocycles. The lowest BCUT2D eigenvalue weighted by Crippen LogP contribution is -2.25. The van der Waals surface area contributed by atoms with Crippen LogP contribution in [0.5, 0.6) is 0 Å². The predicted molar refractivity (Wildman–Crippen MR) is 286 cm³/mol. The molecule has 0 unspecified atom stereocenters. The Bertz CT molecular complexity index is 4230. The van der Waals surface area contributed by atoms with Crippen LogP contribution in [0.15, 0.2) is 235 Å². The average molecular weight is 895 g/mol. The van der Waals surface area contributed by atoms with E-state index in [9.17, 15) is 0 Å². The van der Waals surface area contributed by atoms with Crippen molar-refractivity contribution in [3.05, 3.63) is 253 Å². The van der Waals surface area contributed by atoms with Gasteiger partial charge < -0.3 is 4.42 Å². The molecule has 2 aliphatic carbocycles. The van der Waals surface area contributed by atoms with Crippen LogP contribution in [0.3, 0.4) is 0 Å².